The summed E-state index contributed by atoms with van der Waals surface area (Å²) in [5, 5.41) is 0. The van der Waals surface area contributed by atoms with Crippen LogP contribution in [0.2, 0.25) is 0 Å². The molecule has 0 unspecified atom stereocenters. The Labute approximate surface area is 160 Å². The van der Waals surface area contributed by atoms with Crippen molar-refractivity contribution >= 4 is 11.7 Å². The van der Waals surface area contributed by atoms with Crippen LogP contribution >= 0.6 is 0 Å². The van der Waals surface area contributed by atoms with Crippen LogP contribution in [0.5, 0.6) is 5.75 Å². The minimum atomic E-state index is 0.0364. The van der Waals surface area contributed by atoms with Gasteiger partial charge in [0, 0.05) is 50.6 Å². The van der Waals surface area contributed by atoms with Crippen molar-refractivity contribution in [1.29, 1.82) is 0 Å². The van der Waals surface area contributed by atoms with Gasteiger partial charge in [-0.05, 0) is 43.5 Å². The highest BCUT2D eigenvalue weighted by atomic mass is 16.5. The Morgan fingerprint density at radius 1 is 1.07 bits per heavy atom. The quantitative estimate of drug-likeness (QED) is 0.787. The largest absolute Gasteiger partial charge is 0.485 e. The van der Waals surface area contributed by atoms with Crippen molar-refractivity contribution in [3.63, 3.8) is 0 Å². The van der Waals surface area contributed by atoms with Crippen molar-refractivity contribution in [2.45, 2.75) is 38.2 Å². The average molecular weight is 366 g/mol. The predicted octanol–water partition coefficient (Wildman–Crippen LogP) is 2.69. The Balaban J connectivity index is 1.31. The van der Waals surface area contributed by atoms with Crippen molar-refractivity contribution in [2.24, 2.45) is 0 Å². The SMILES string of the molecule is O=C(CCc1ccccn1)N1CC[C@H](Oc2cccnc2N2CCCC2)C1. The van der Waals surface area contributed by atoms with E-state index >= 15 is 0 Å². The summed E-state index contributed by atoms with van der Waals surface area (Å²) in [7, 11) is 0. The summed E-state index contributed by atoms with van der Waals surface area (Å²) in [5.74, 6) is 1.96. The molecule has 1 amide bonds. The molecular formula is C21H26N4O2. The van der Waals surface area contributed by atoms with E-state index in [0.717, 1.165) is 43.3 Å². The highest BCUT2D eigenvalue weighted by molar-refractivity contribution is 5.76. The van der Waals surface area contributed by atoms with Gasteiger partial charge in [0.1, 0.15) is 6.10 Å². The number of hydrogen-bond donors (Lipinski definition) is 0. The number of pyridine rings is 2. The van der Waals surface area contributed by atoms with E-state index in [1.165, 1.54) is 12.8 Å². The van der Waals surface area contributed by atoms with Crippen molar-refractivity contribution in [2.75, 3.05) is 31.1 Å². The highest BCUT2D eigenvalue weighted by Crippen LogP contribution is 2.30. The summed E-state index contributed by atoms with van der Waals surface area (Å²) in [6.45, 7) is 3.48. The fourth-order valence-corrected chi connectivity index (χ4v) is 3.81. The van der Waals surface area contributed by atoms with E-state index in [0.29, 0.717) is 19.4 Å². The molecule has 2 aliphatic rings. The summed E-state index contributed by atoms with van der Waals surface area (Å²) in [6, 6.07) is 9.72. The minimum absolute atomic E-state index is 0.0364. The Kier molecular flexibility index (Phi) is 5.51. The Hall–Kier alpha value is -2.63. The third kappa shape index (κ3) is 4.38. The van der Waals surface area contributed by atoms with Gasteiger partial charge in [-0.1, -0.05) is 6.07 Å². The molecule has 1 atom stereocenters. The second-order valence-electron chi connectivity index (χ2n) is 7.21. The van der Waals surface area contributed by atoms with Gasteiger partial charge in [0.05, 0.1) is 6.54 Å². The van der Waals surface area contributed by atoms with Gasteiger partial charge in [-0.2, -0.15) is 0 Å². The average Bonchev–Trinajstić information content (AvgIpc) is 3.40. The first-order valence-corrected chi connectivity index (χ1v) is 9.84. The van der Waals surface area contributed by atoms with E-state index < -0.39 is 0 Å². The smallest absolute Gasteiger partial charge is 0.223 e. The normalized spacial score (nSPS) is 19.5. The zero-order valence-electron chi connectivity index (χ0n) is 15.6. The number of aryl methyl sites for hydroxylation is 1. The maximum absolute atomic E-state index is 12.5. The number of rotatable bonds is 6. The van der Waals surface area contributed by atoms with Crippen molar-refractivity contribution < 1.29 is 9.53 Å². The van der Waals surface area contributed by atoms with Gasteiger partial charge in [0.2, 0.25) is 5.91 Å². The summed E-state index contributed by atoms with van der Waals surface area (Å²) in [6.07, 6.45) is 8.08. The molecule has 2 saturated heterocycles. The zero-order chi connectivity index (χ0) is 18.5. The lowest BCUT2D eigenvalue weighted by Crippen LogP contribution is -2.31. The lowest BCUT2D eigenvalue weighted by molar-refractivity contribution is -0.130. The predicted molar refractivity (Wildman–Crippen MR) is 104 cm³/mol. The molecule has 6 nitrogen and oxygen atoms in total. The molecule has 4 rings (SSSR count). The molecule has 0 bridgehead atoms. The van der Waals surface area contributed by atoms with Crippen LogP contribution < -0.4 is 9.64 Å². The fourth-order valence-electron chi connectivity index (χ4n) is 3.81. The zero-order valence-corrected chi connectivity index (χ0v) is 15.6. The molecule has 0 aromatic carbocycles. The second kappa shape index (κ2) is 8.37. The fraction of sp³-hybridized carbons (Fsp3) is 0.476. The van der Waals surface area contributed by atoms with E-state index in [9.17, 15) is 4.79 Å². The van der Waals surface area contributed by atoms with Crippen LogP contribution in [0, 0.1) is 0 Å². The molecule has 0 aliphatic carbocycles. The van der Waals surface area contributed by atoms with Gasteiger partial charge >= 0.3 is 0 Å². The van der Waals surface area contributed by atoms with Crippen LogP contribution in [0.25, 0.3) is 0 Å². The maximum Gasteiger partial charge on any atom is 0.223 e. The monoisotopic (exact) mass is 366 g/mol. The Morgan fingerprint density at radius 2 is 1.93 bits per heavy atom. The first-order valence-electron chi connectivity index (χ1n) is 9.84. The molecule has 0 radical (unpaired) electrons. The molecule has 27 heavy (non-hydrogen) atoms. The molecule has 2 aliphatic heterocycles. The number of hydrogen-bond acceptors (Lipinski definition) is 5. The Bertz CT molecular complexity index is 762. The maximum atomic E-state index is 12.5. The first kappa shape index (κ1) is 17.8. The number of carbonyl (C=O) groups is 1. The van der Waals surface area contributed by atoms with Gasteiger partial charge in [-0.3, -0.25) is 9.78 Å². The molecule has 142 valence electrons. The molecule has 4 heterocycles. The number of amides is 1. The molecule has 2 aromatic rings. The number of aromatic nitrogens is 2. The minimum Gasteiger partial charge on any atom is -0.485 e. The molecule has 6 heteroatoms. The van der Waals surface area contributed by atoms with Crippen molar-refractivity contribution in [3.05, 3.63) is 48.4 Å². The molecule has 0 N–H and O–H groups in total. The molecule has 0 spiro atoms. The van der Waals surface area contributed by atoms with Crippen LogP contribution in [0.15, 0.2) is 42.7 Å². The summed E-state index contributed by atoms with van der Waals surface area (Å²) < 4.78 is 6.25. The number of likely N-dealkylation sites (tertiary alicyclic amines) is 1. The first-order chi connectivity index (χ1) is 13.3. The van der Waals surface area contributed by atoms with E-state index in [1.54, 1.807) is 6.20 Å². The van der Waals surface area contributed by atoms with Crippen LogP contribution in [0.3, 0.4) is 0 Å². The van der Waals surface area contributed by atoms with Gasteiger partial charge in [0.15, 0.2) is 11.6 Å². The summed E-state index contributed by atoms with van der Waals surface area (Å²) in [4.78, 5) is 25.5. The number of carbonyl (C=O) groups excluding carboxylic acids is 1. The number of anilines is 1. The van der Waals surface area contributed by atoms with Gasteiger partial charge in [0.25, 0.3) is 0 Å². The molecule has 0 saturated carbocycles. The Morgan fingerprint density at radius 3 is 2.74 bits per heavy atom. The van der Waals surface area contributed by atoms with E-state index in [4.69, 9.17) is 4.74 Å². The lowest BCUT2D eigenvalue weighted by Gasteiger charge is -2.22. The molecule has 2 aromatic heterocycles. The molecular weight excluding hydrogens is 340 g/mol. The van der Waals surface area contributed by atoms with E-state index in [2.05, 4.69) is 14.9 Å². The number of nitrogens with zero attached hydrogens (tertiary/aromatic N) is 4. The van der Waals surface area contributed by atoms with E-state index in [-0.39, 0.29) is 12.0 Å². The lowest BCUT2D eigenvalue weighted by atomic mass is 10.2. The highest BCUT2D eigenvalue weighted by Gasteiger charge is 2.28. The van der Waals surface area contributed by atoms with Gasteiger partial charge < -0.3 is 14.5 Å². The van der Waals surface area contributed by atoms with Crippen LogP contribution in [0.1, 0.15) is 31.4 Å². The standard InChI is InChI=1S/C21H26N4O2/c26-20(9-8-17-6-1-2-11-22-17)25-15-10-18(16-25)27-19-7-5-12-23-21(19)24-13-3-4-14-24/h1-2,5-7,11-12,18H,3-4,8-10,13-16H2/t18-/m0/s1. The second-order valence-corrected chi connectivity index (χ2v) is 7.21. The summed E-state index contributed by atoms with van der Waals surface area (Å²) in [5.41, 5.74) is 0.962. The third-order valence-electron chi connectivity index (χ3n) is 5.27. The van der Waals surface area contributed by atoms with Crippen LogP contribution in [-0.4, -0.2) is 53.1 Å². The third-order valence-corrected chi connectivity index (χ3v) is 5.27. The van der Waals surface area contributed by atoms with Crippen LogP contribution in [0.4, 0.5) is 5.82 Å². The van der Waals surface area contributed by atoms with Crippen molar-refractivity contribution in [1.82, 2.24) is 14.9 Å². The van der Waals surface area contributed by atoms with Crippen LogP contribution in [-0.2, 0) is 11.2 Å². The van der Waals surface area contributed by atoms with Gasteiger partial charge in [-0.25, -0.2) is 4.98 Å². The number of ether oxygens (including phenoxy) is 1. The molecule has 2 fully saturated rings. The van der Waals surface area contributed by atoms with Crippen molar-refractivity contribution in [3.8, 4) is 5.75 Å². The van der Waals surface area contributed by atoms with Gasteiger partial charge in [-0.15, -0.1) is 0 Å². The van der Waals surface area contributed by atoms with E-state index in [1.807, 2.05) is 41.4 Å². The summed E-state index contributed by atoms with van der Waals surface area (Å²) >= 11 is 0. The topological polar surface area (TPSA) is 58.6 Å².